The molecule has 2 heterocycles. The van der Waals surface area contributed by atoms with Crippen LogP contribution in [0.1, 0.15) is 103 Å². The Morgan fingerprint density at radius 2 is 1.60 bits per heavy atom. The Hall–Kier alpha value is -2.76. The first-order valence-electron chi connectivity index (χ1n) is 14.6. The van der Waals surface area contributed by atoms with E-state index in [1.807, 2.05) is 27.7 Å². The van der Waals surface area contributed by atoms with Gasteiger partial charge in [0.1, 0.15) is 11.3 Å². The summed E-state index contributed by atoms with van der Waals surface area (Å²) in [5, 5.41) is 11.9. The number of nitrogens with zero attached hydrogens (tertiary/aromatic N) is 2. The van der Waals surface area contributed by atoms with Gasteiger partial charge in [-0.1, -0.05) is 0 Å². The number of amides is 1. The molecule has 11 heteroatoms. The molecule has 2 aromatic rings. The molecular weight excluding hydrogens is 563 g/mol. The number of aryl methyl sites for hydroxylation is 2. The van der Waals surface area contributed by atoms with E-state index in [2.05, 4.69) is 15.3 Å². The van der Waals surface area contributed by atoms with E-state index in [4.69, 9.17) is 19.3 Å². The minimum absolute atomic E-state index is 0.0477. The van der Waals surface area contributed by atoms with Crippen LogP contribution < -0.4 is 5.32 Å². The van der Waals surface area contributed by atoms with Gasteiger partial charge in [-0.05, 0) is 117 Å². The van der Waals surface area contributed by atoms with Crippen molar-refractivity contribution in [3.63, 3.8) is 0 Å². The molecule has 0 aliphatic heterocycles. The summed E-state index contributed by atoms with van der Waals surface area (Å²) in [5.74, 6) is 0. The number of aliphatic hydroxyl groups excluding tert-OH is 1. The maximum absolute atomic E-state index is 13.8. The van der Waals surface area contributed by atoms with Gasteiger partial charge in [0.2, 0.25) is 0 Å². The van der Waals surface area contributed by atoms with Crippen molar-refractivity contribution < 1.29 is 37.3 Å². The number of aromatic nitrogens is 2. The van der Waals surface area contributed by atoms with Gasteiger partial charge < -0.3 is 24.6 Å². The van der Waals surface area contributed by atoms with Crippen molar-refractivity contribution >= 4 is 6.09 Å². The molecule has 0 aromatic carbocycles. The molecule has 0 aliphatic carbocycles. The standard InChI is InChI=1S/C32H48F3N3O5/c1-21-17-26(22(2)37-28(40)43-29(3,4)5)36-20-25(21)23-18-24(38-27(19-23)32(33,34)35)11-10-15-41-31(8,9)13-16-42-30(6,7)12-14-39/h17-20,22,39H,10-16H2,1-9H3,(H,37,40)/t22-/m0/s1. The Labute approximate surface area is 253 Å². The third-order valence-electron chi connectivity index (χ3n) is 6.77. The molecule has 0 radical (unpaired) electrons. The Bertz CT molecular complexity index is 1210. The molecule has 0 aliphatic rings. The van der Waals surface area contributed by atoms with Gasteiger partial charge >= 0.3 is 12.3 Å². The van der Waals surface area contributed by atoms with Crippen LogP contribution in [-0.2, 0) is 26.8 Å². The molecule has 1 atom stereocenters. The molecule has 0 bridgehead atoms. The highest BCUT2D eigenvalue weighted by atomic mass is 19.4. The number of carbonyl (C=O) groups excluding carboxylic acids is 1. The highest BCUT2D eigenvalue weighted by molar-refractivity contribution is 5.69. The van der Waals surface area contributed by atoms with Crippen LogP contribution in [0.15, 0.2) is 24.4 Å². The Balaban J connectivity index is 2.11. The van der Waals surface area contributed by atoms with E-state index in [-0.39, 0.29) is 6.61 Å². The van der Waals surface area contributed by atoms with E-state index >= 15 is 0 Å². The number of rotatable bonds is 14. The smallest absolute Gasteiger partial charge is 0.433 e. The van der Waals surface area contributed by atoms with Crippen LogP contribution in [0, 0.1) is 6.92 Å². The predicted octanol–water partition coefficient (Wildman–Crippen LogP) is 7.35. The fraction of sp³-hybridized carbons (Fsp3) is 0.656. The SMILES string of the molecule is Cc1cc([C@H](C)NC(=O)OC(C)(C)C)ncc1-c1cc(CCCOC(C)(C)CCOC(C)(C)CCO)nc(C(F)(F)F)c1. The largest absolute Gasteiger partial charge is 0.444 e. The van der Waals surface area contributed by atoms with Crippen LogP contribution in [0.2, 0.25) is 0 Å². The molecule has 2 rings (SSSR count). The number of alkyl carbamates (subject to hydrolysis) is 1. The second-order valence-corrected chi connectivity index (χ2v) is 13.1. The number of alkyl halides is 3. The van der Waals surface area contributed by atoms with E-state index in [9.17, 15) is 18.0 Å². The van der Waals surface area contributed by atoms with Crippen molar-refractivity contribution in [3.05, 3.63) is 47.0 Å². The lowest BCUT2D eigenvalue weighted by atomic mass is 9.99. The topological polar surface area (TPSA) is 103 Å². The highest BCUT2D eigenvalue weighted by Crippen LogP contribution is 2.33. The van der Waals surface area contributed by atoms with Crippen molar-refractivity contribution in [2.24, 2.45) is 0 Å². The van der Waals surface area contributed by atoms with E-state index in [0.717, 1.165) is 6.07 Å². The van der Waals surface area contributed by atoms with Gasteiger partial charge in [0.25, 0.3) is 0 Å². The summed E-state index contributed by atoms with van der Waals surface area (Å²) >= 11 is 0. The predicted molar refractivity (Wildman–Crippen MR) is 160 cm³/mol. The first-order valence-corrected chi connectivity index (χ1v) is 14.6. The zero-order chi connectivity index (χ0) is 32.6. The molecule has 0 saturated heterocycles. The molecule has 2 N–H and O–H groups in total. The van der Waals surface area contributed by atoms with Crippen LogP contribution in [0.3, 0.4) is 0 Å². The maximum atomic E-state index is 13.8. The van der Waals surface area contributed by atoms with E-state index in [1.165, 1.54) is 6.20 Å². The summed E-state index contributed by atoms with van der Waals surface area (Å²) < 4.78 is 58.5. The van der Waals surface area contributed by atoms with E-state index in [1.54, 1.807) is 46.8 Å². The van der Waals surface area contributed by atoms with Crippen molar-refractivity contribution in [1.82, 2.24) is 15.3 Å². The fourth-order valence-electron chi connectivity index (χ4n) is 4.28. The van der Waals surface area contributed by atoms with Gasteiger partial charge in [-0.15, -0.1) is 0 Å². The third kappa shape index (κ3) is 12.8. The normalized spacial score (nSPS) is 13.6. The minimum Gasteiger partial charge on any atom is -0.444 e. The summed E-state index contributed by atoms with van der Waals surface area (Å²) in [6.45, 7) is 17.4. The molecular formula is C32H48F3N3O5. The number of carbonyl (C=O) groups is 1. The fourth-order valence-corrected chi connectivity index (χ4v) is 4.28. The number of halogens is 3. The number of aliphatic hydroxyl groups is 1. The van der Waals surface area contributed by atoms with Gasteiger partial charge in [-0.3, -0.25) is 4.98 Å². The van der Waals surface area contributed by atoms with Gasteiger partial charge in [0, 0.05) is 30.7 Å². The van der Waals surface area contributed by atoms with Crippen molar-refractivity contribution in [2.45, 2.75) is 117 Å². The third-order valence-corrected chi connectivity index (χ3v) is 6.77. The van der Waals surface area contributed by atoms with Gasteiger partial charge in [-0.2, -0.15) is 13.2 Å². The quantitative estimate of drug-likeness (QED) is 0.215. The summed E-state index contributed by atoms with van der Waals surface area (Å²) in [6.07, 6.45) is -1.73. The second-order valence-electron chi connectivity index (χ2n) is 13.1. The van der Waals surface area contributed by atoms with Crippen molar-refractivity contribution in [2.75, 3.05) is 19.8 Å². The number of ether oxygens (including phenoxy) is 3. The van der Waals surface area contributed by atoms with Crippen LogP contribution in [0.5, 0.6) is 0 Å². The molecule has 242 valence electrons. The number of nitrogens with one attached hydrogen (secondary N) is 1. The lowest BCUT2D eigenvalue weighted by Gasteiger charge is -2.29. The first kappa shape index (κ1) is 36.4. The summed E-state index contributed by atoms with van der Waals surface area (Å²) in [5.41, 5.74) is -0.0438. The molecule has 0 unspecified atom stereocenters. The molecule has 8 nitrogen and oxygen atoms in total. The van der Waals surface area contributed by atoms with Gasteiger partial charge in [0.15, 0.2) is 0 Å². The number of hydrogen-bond acceptors (Lipinski definition) is 7. The highest BCUT2D eigenvalue weighted by Gasteiger charge is 2.33. The molecule has 1 amide bonds. The van der Waals surface area contributed by atoms with E-state index in [0.29, 0.717) is 67.0 Å². The van der Waals surface area contributed by atoms with Crippen LogP contribution in [-0.4, -0.2) is 57.8 Å². The molecule has 0 fully saturated rings. The monoisotopic (exact) mass is 611 g/mol. The molecule has 43 heavy (non-hydrogen) atoms. The average molecular weight is 612 g/mol. The maximum Gasteiger partial charge on any atom is 0.433 e. The summed E-state index contributed by atoms with van der Waals surface area (Å²) in [4.78, 5) is 20.5. The van der Waals surface area contributed by atoms with Crippen LogP contribution in [0.25, 0.3) is 11.1 Å². The van der Waals surface area contributed by atoms with Crippen molar-refractivity contribution in [1.29, 1.82) is 0 Å². The molecule has 0 spiro atoms. The zero-order valence-electron chi connectivity index (χ0n) is 26.9. The minimum atomic E-state index is -4.61. The summed E-state index contributed by atoms with van der Waals surface area (Å²) in [7, 11) is 0. The van der Waals surface area contributed by atoms with Gasteiger partial charge in [-0.25, -0.2) is 9.78 Å². The summed E-state index contributed by atoms with van der Waals surface area (Å²) in [6, 6.07) is 3.97. The average Bonchev–Trinajstić information content (AvgIpc) is 2.84. The first-order chi connectivity index (χ1) is 19.7. The Morgan fingerprint density at radius 3 is 2.19 bits per heavy atom. The number of pyridine rings is 2. The van der Waals surface area contributed by atoms with Crippen LogP contribution >= 0.6 is 0 Å². The zero-order valence-corrected chi connectivity index (χ0v) is 26.9. The lowest BCUT2D eigenvalue weighted by molar-refractivity contribution is -0.141. The molecule has 2 aromatic heterocycles. The van der Waals surface area contributed by atoms with E-state index < -0.39 is 40.8 Å². The van der Waals surface area contributed by atoms with Crippen LogP contribution in [0.4, 0.5) is 18.0 Å². The number of hydrogen-bond donors (Lipinski definition) is 2. The van der Waals surface area contributed by atoms with Crippen molar-refractivity contribution in [3.8, 4) is 11.1 Å². The second kappa shape index (κ2) is 14.8. The Kier molecular flexibility index (Phi) is 12.5. The van der Waals surface area contributed by atoms with Gasteiger partial charge in [0.05, 0.1) is 29.5 Å². The Morgan fingerprint density at radius 1 is 0.977 bits per heavy atom. The lowest BCUT2D eigenvalue weighted by Crippen LogP contribution is -2.34. The molecule has 0 saturated carbocycles.